The van der Waals surface area contributed by atoms with Crippen molar-refractivity contribution in [2.45, 2.75) is 19.8 Å². The first-order chi connectivity index (χ1) is 9.15. The molecule has 0 saturated carbocycles. The molecule has 0 N–H and O–H groups in total. The van der Waals surface area contributed by atoms with Crippen LogP contribution in [-0.4, -0.2) is 14.5 Å². The number of imidazole rings is 1. The van der Waals surface area contributed by atoms with E-state index in [0.717, 1.165) is 16.6 Å². The predicted octanol–water partition coefficient (Wildman–Crippen LogP) is 3.76. The Morgan fingerprint density at radius 2 is 1.89 bits per heavy atom. The number of rotatable bonds is 2. The van der Waals surface area contributed by atoms with Gasteiger partial charge in [-0.05, 0) is 35.2 Å². The minimum absolute atomic E-state index is 0.492. The van der Waals surface area contributed by atoms with E-state index in [1.807, 2.05) is 30.3 Å². The van der Waals surface area contributed by atoms with E-state index < -0.39 is 0 Å². The van der Waals surface area contributed by atoms with E-state index in [9.17, 15) is 0 Å². The van der Waals surface area contributed by atoms with Crippen molar-refractivity contribution < 1.29 is 0 Å². The van der Waals surface area contributed by atoms with Crippen molar-refractivity contribution >= 4 is 11.0 Å². The van der Waals surface area contributed by atoms with Gasteiger partial charge in [0.2, 0.25) is 0 Å². The van der Waals surface area contributed by atoms with E-state index in [1.165, 1.54) is 11.1 Å². The minimum Gasteiger partial charge on any atom is -0.334 e. The lowest BCUT2D eigenvalue weighted by Gasteiger charge is -2.07. The molecule has 3 nitrogen and oxygen atoms in total. The molecular weight excluding hydrogens is 234 g/mol. The summed E-state index contributed by atoms with van der Waals surface area (Å²) in [5.41, 5.74) is 5.75. The van der Waals surface area contributed by atoms with Crippen LogP contribution in [-0.2, 0) is 7.05 Å². The highest BCUT2D eigenvalue weighted by Crippen LogP contribution is 2.25. The summed E-state index contributed by atoms with van der Waals surface area (Å²) >= 11 is 0. The van der Waals surface area contributed by atoms with E-state index in [0.29, 0.717) is 5.92 Å². The number of aryl methyl sites for hydroxylation is 1. The molecule has 0 amide bonds. The Bertz CT molecular complexity index is 726. The zero-order valence-corrected chi connectivity index (χ0v) is 11.5. The van der Waals surface area contributed by atoms with Crippen molar-refractivity contribution in [3.05, 3.63) is 48.5 Å². The maximum Gasteiger partial charge on any atom is 0.0955 e. The first kappa shape index (κ1) is 11.9. The average molecular weight is 251 g/mol. The molecule has 2 heterocycles. The molecule has 0 bridgehead atoms. The number of hydrogen-bond acceptors (Lipinski definition) is 2. The third kappa shape index (κ3) is 2.12. The van der Waals surface area contributed by atoms with E-state index in [4.69, 9.17) is 0 Å². The van der Waals surface area contributed by atoms with Gasteiger partial charge in [0.15, 0.2) is 0 Å². The van der Waals surface area contributed by atoms with Crippen LogP contribution in [0.4, 0.5) is 0 Å². The number of pyridine rings is 1. The summed E-state index contributed by atoms with van der Waals surface area (Å²) in [6.07, 6.45) is 5.70. The number of fused-ring (bicyclic) bond motifs is 1. The second kappa shape index (κ2) is 4.50. The first-order valence-electron chi connectivity index (χ1n) is 6.51. The number of nitrogens with zero attached hydrogens (tertiary/aromatic N) is 3. The number of hydrogen-bond donors (Lipinski definition) is 0. The summed E-state index contributed by atoms with van der Waals surface area (Å²) in [5.74, 6) is 0.492. The van der Waals surface area contributed by atoms with Gasteiger partial charge in [0.05, 0.1) is 17.4 Å². The highest BCUT2D eigenvalue weighted by molar-refractivity contribution is 5.82. The van der Waals surface area contributed by atoms with Crippen LogP contribution in [0.15, 0.2) is 43.0 Å². The SMILES string of the molecule is CC(C)c1cncc(-c2ccc3c(c2)ncn3C)c1. The lowest BCUT2D eigenvalue weighted by atomic mass is 10.0. The molecule has 0 aliphatic rings. The van der Waals surface area contributed by atoms with Gasteiger partial charge >= 0.3 is 0 Å². The van der Waals surface area contributed by atoms with Gasteiger partial charge in [-0.1, -0.05) is 19.9 Å². The highest BCUT2D eigenvalue weighted by Gasteiger charge is 2.06. The zero-order chi connectivity index (χ0) is 13.4. The molecule has 0 unspecified atom stereocenters. The van der Waals surface area contributed by atoms with E-state index in [-0.39, 0.29) is 0 Å². The van der Waals surface area contributed by atoms with Crippen molar-refractivity contribution in [2.75, 3.05) is 0 Å². The van der Waals surface area contributed by atoms with Crippen molar-refractivity contribution in [3.63, 3.8) is 0 Å². The molecule has 0 radical (unpaired) electrons. The highest BCUT2D eigenvalue weighted by atomic mass is 15.0. The van der Waals surface area contributed by atoms with Crippen molar-refractivity contribution in [1.29, 1.82) is 0 Å². The van der Waals surface area contributed by atoms with Crippen LogP contribution < -0.4 is 0 Å². The lowest BCUT2D eigenvalue weighted by Crippen LogP contribution is -1.90. The summed E-state index contributed by atoms with van der Waals surface area (Å²) in [5, 5.41) is 0. The maximum atomic E-state index is 4.40. The van der Waals surface area contributed by atoms with Crippen molar-refractivity contribution in [1.82, 2.24) is 14.5 Å². The second-order valence-corrected chi connectivity index (χ2v) is 5.22. The Kier molecular flexibility index (Phi) is 2.82. The van der Waals surface area contributed by atoms with Gasteiger partial charge < -0.3 is 4.57 Å². The summed E-state index contributed by atoms with van der Waals surface area (Å²) in [6, 6.07) is 8.57. The molecule has 0 aliphatic carbocycles. The molecule has 1 aromatic carbocycles. The van der Waals surface area contributed by atoms with Gasteiger partial charge in [-0.3, -0.25) is 4.98 Å². The smallest absolute Gasteiger partial charge is 0.0955 e. The fraction of sp³-hybridized carbons (Fsp3) is 0.250. The second-order valence-electron chi connectivity index (χ2n) is 5.22. The number of benzene rings is 1. The van der Waals surface area contributed by atoms with Crippen LogP contribution in [0.2, 0.25) is 0 Å². The van der Waals surface area contributed by atoms with Gasteiger partial charge in [0.1, 0.15) is 0 Å². The van der Waals surface area contributed by atoms with E-state index in [2.05, 4.69) is 48.1 Å². The molecule has 0 fully saturated rings. The summed E-state index contributed by atoms with van der Waals surface area (Å²) in [7, 11) is 2.01. The Balaban J connectivity index is 2.10. The standard InChI is InChI=1S/C16H17N3/c1-11(2)13-6-14(9-17-8-13)12-4-5-16-15(7-12)18-10-19(16)3/h4-11H,1-3H3. The molecule has 3 rings (SSSR count). The van der Waals surface area contributed by atoms with Crippen LogP contribution in [0.5, 0.6) is 0 Å². The molecule has 0 spiro atoms. The molecule has 0 saturated heterocycles. The van der Waals surface area contributed by atoms with Crippen LogP contribution in [0.25, 0.3) is 22.2 Å². The zero-order valence-electron chi connectivity index (χ0n) is 11.5. The van der Waals surface area contributed by atoms with E-state index >= 15 is 0 Å². The Labute approximate surface area is 112 Å². The average Bonchev–Trinajstić information content (AvgIpc) is 2.80. The van der Waals surface area contributed by atoms with Crippen LogP contribution in [0.1, 0.15) is 25.3 Å². The molecule has 96 valence electrons. The summed E-state index contributed by atoms with van der Waals surface area (Å²) < 4.78 is 2.03. The fourth-order valence-corrected chi connectivity index (χ4v) is 2.25. The maximum absolute atomic E-state index is 4.40. The van der Waals surface area contributed by atoms with E-state index in [1.54, 1.807) is 0 Å². The Morgan fingerprint density at radius 1 is 1.05 bits per heavy atom. The number of aromatic nitrogens is 3. The predicted molar refractivity (Wildman–Crippen MR) is 78.0 cm³/mol. The molecule has 0 atom stereocenters. The van der Waals surface area contributed by atoms with Gasteiger partial charge in [-0.25, -0.2) is 4.98 Å². The monoisotopic (exact) mass is 251 g/mol. The first-order valence-corrected chi connectivity index (χ1v) is 6.51. The third-order valence-electron chi connectivity index (χ3n) is 3.48. The van der Waals surface area contributed by atoms with Gasteiger partial charge in [-0.2, -0.15) is 0 Å². The molecule has 3 heteroatoms. The molecule has 0 aliphatic heterocycles. The van der Waals surface area contributed by atoms with Gasteiger partial charge in [0, 0.05) is 25.0 Å². The molecule has 19 heavy (non-hydrogen) atoms. The topological polar surface area (TPSA) is 30.7 Å². The third-order valence-corrected chi connectivity index (χ3v) is 3.48. The molecule has 3 aromatic rings. The minimum atomic E-state index is 0.492. The Hall–Kier alpha value is -2.16. The quantitative estimate of drug-likeness (QED) is 0.694. The van der Waals surface area contributed by atoms with Crippen molar-refractivity contribution in [3.8, 4) is 11.1 Å². The fourth-order valence-electron chi connectivity index (χ4n) is 2.25. The lowest BCUT2D eigenvalue weighted by molar-refractivity contribution is 0.859. The Morgan fingerprint density at radius 3 is 2.68 bits per heavy atom. The molecular formula is C16H17N3. The molecule has 2 aromatic heterocycles. The van der Waals surface area contributed by atoms with Gasteiger partial charge in [-0.15, -0.1) is 0 Å². The van der Waals surface area contributed by atoms with Crippen LogP contribution >= 0.6 is 0 Å². The van der Waals surface area contributed by atoms with Crippen LogP contribution in [0, 0.1) is 0 Å². The van der Waals surface area contributed by atoms with Gasteiger partial charge in [0.25, 0.3) is 0 Å². The van der Waals surface area contributed by atoms with Crippen LogP contribution in [0.3, 0.4) is 0 Å². The summed E-state index contributed by atoms with van der Waals surface area (Å²) in [6.45, 7) is 4.37. The largest absolute Gasteiger partial charge is 0.334 e. The van der Waals surface area contributed by atoms with Crippen molar-refractivity contribution in [2.24, 2.45) is 7.05 Å². The summed E-state index contributed by atoms with van der Waals surface area (Å²) in [4.78, 5) is 8.75. The normalized spacial score (nSPS) is 11.4.